The van der Waals surface area contributed by atoms with Crippen molar-refractivity contribution in [1.29, 1.82) is 0 Å². The normalized spacial score (nSPS) is 10.7. The molecule has 5 nitrogen and oxygen atoms in total. The van der Waals surface area contributed by atoms with Crippen LogP contribution in [0, 0.1) is 6.92 Å². The number of aromatic nitrogens is 1. The number of aryl methyl sites for hydroxylation is 1. The number of amides is 1. The number of pyridine rings is 1. The van der Waals surface area contributed by atoms with Crippen LogP contribution in [0.1, 0.15) is 42.5 Å². The molecule has 0 saturated heterocycles. The standard InChI is InChI=1S/C24H26N2O3/c1-17-15-22(21-11-5-6-12-23(21)25-17)18(2)19-9-8-10-20(16-19)29-14-7-3-4-13-24(27)26-28/h5-6,8-12,15-16,28H,2-4,7,13-14H2,1H3,(H,26,27). The molecule has 3 rings (SSSR count). The molecule has 0 radical (unpaired) electrons. The van der Waals surface area contributed by atoms with E-state index >= 15 is 0 Å². The molecule has 1 heterocycles. The van der Waals surface area contributed by atoms with Crippen molar-refractivity contribution in [2.75, 3.05) is 6.61 Å². The molecule has 1 amide bonds. The smallest absolute Gasteiger partial charge is 0.243 e. The lowest BCUT2D eigenvalue weighted by Gasteiger charge is -2.13. The molecule has 0 atom stereocenters. The van der Waals surface area contributed by atoms with Crippen molar-refractivity contribution in [3.63, 3.8) is 0 Å². The Labute approximate surface area is 171 Å². The third-order valence-electron chi connectivity index (χ3n) is 4.79. The Kier molecular flexibility index (Phi) is 6.98. The van der Waals surface area contributed by atoms with Crippen molar-refractivity contribution >= 4 is 22.4 Å². The van der Waals surface area contributed by atoms with Crippen molar-refractivity contribution in [3.05, 3.63) is 78.0 Å². The second kappa shape index (κ2) is 9.85. The third kappa shape index (κ3) is 5.42. The van der Waals surface area contributed by atoms with Crippen LogP contribution in [0.3, 0.4) is 0 Å². The summed E-state index contributed by atoms with van der Waals surface area (Å²) < 4.78 is 5.87. The molecule has 5 heteroatoms. The van der Waals surface area contributed by atoms with Gasteiger partial charge in [0.2, 0.25) is 5.91 Å². The number of para-hydroxylation sites is 1. The summed E-state index contributed by atoms with van der Waals surface area (Å²) in [7, 11) is 0. The summed E-state index contributed by atoms with van der Waals surface area (Å²) >= 11 is 0. The number of hydrogen-bond acceptors (Lipinski definition) is 4. The number of nitrogens with zero attached hydrogens (tertiary/aromatic N) is 1. The first-order valence-electron chi connectivity index (χ1n) is 9.80. The van der Waals surface area contributed by atoms with E-state index < -0.39 is 0 Å². The molecule has 2 N–H and O–H groups in total. The molecule has 3 aromatic rings. The predicted molar refractivity (Wildman–Crippen MR) is 115 cm³/mol. The highest BCUT2D eigenvalue weighted by Gasteiger charge is 2.10. The van der Waals surface area contributed by atoms with Crippen LogP contribution < -0.4 is 10.2 Å². The minimum Gasteiger partial charge on any atom is -0.494 e. The van der Waals surface area contributed by atoms with Gasteiger partial charge in [-0.1, -0.05) is 36.9 Å². The largest absolute Gasteiger partial charge is 0.494 e. The third-order valence-corrected chi connectivity index (χ3v) is 4.79. The molecule has 29 heavy (non-hydrogen) atoms. The fraction of sp³-hybridized carbons (Fsp3) is 0.250. The lowest BCUT2D eigenvalue weighted by molar-refractivity contribution is -0.129. The average Bonchev–Trinajstić information content (AvgIpc) is 2.75. The molecule has 0 bridgehead atoms. The minimum absolute atomic E-state index is 0.325. The second-order valence-electron chi connectivity index (χ2n) is 7.03. The number of rotatable bonds is 9. The number of carbonyl (C=O) groups is 1. The summed E-state index contributed by atoms with van der Waals surface area (Å²) in [6.45, 7) is 6.90. The average molecular weight is 390 g/mol. The highest BCUT2D eigenvalue weighted by molar-refractivity contribution is 5.95. The first-order chi connectivity index (χ1) is 14.1. The summed E-state index contributed by atoms with van der Waals surface area (Å²) in [5, 5.41) is 9.56. The number of benzene rings is 2. The molecular formula is C24H26N2O3. The lowest BCUT2D eigenvalue weighted by Crippen LogP contribution is -2.17. The maximum Gasteiger partial charge on any atom is 0.243 e. The van der Waals surface area contributed by atoms with E-state index in [0.29, 0.717) is 13.0 Å². The molecule has 0 unspecified atom stereocenters. The Morgan fingerprint density at radius 3 is 2.76 bits per heavy atom. The number of fused-ring (bicyclic) bond motifs is 1. The van der Waals surface area contributed by atoms with Gasteiger partial charge in [-0.2, -0.15) is 0 Å². The molecule has 150 valence electrons. The van der Waals surface area contributed by atoms with Gasteiger partial charge in [0.05, 0.1) is 12.1 Å². The molecule has 0 spiro atoms. The van der Waals surface area contributed by atoms with Gasteiger partial charge in [0.1, 0.15) is 5.75 Å². The van der Waals surface area contributed by atoms with Crippen LogP contribution in [0.5, 0.6) is 5.75 Å². The molecule has 0 aliphatic carbocycles. The summed E-state index contributed by atoms with van der Waals surface area (Å²) in [5.41, 5.74) is 6.59. The Morgan fingerprint density at radius 2 is 1.93 bits per heavy atom. The first-order valence-corrected chi connectivity index (χ1v) is 9.80. The molecule has 2 aromatic carbocycles. The number of hydroxylamine groups is 1. The highest BCUT2D eigenvalue weighted by atomic mass is 16.5. The summed E-state index contributed by atoms with van der Waals surface area (Å²) in [4.78, 5) is 15.6. The number of nitrogens with one attached hydrogen (secondary N) is 1. The molecule has 1 aromatic heterocycles. The Morgan fingerprint density at radius 1 is 1.10 bits per heavy atom. The van der Waals surface area contributed by atoms with E-state index in [-0.39, 0.29) is 5.91 Å². The molecular weight excluding hydrogens is 364 g/mol. The second-order valence-corrected chi connectivity index (χ2v) is 7.03. The van der Waals surface area contributed by atoms with Crippen LogP contribution >= 0.6 is 0 Å². The maximum atomic E-state index is 11.0. The van der Waals surface area contributed by atoms with Crippen LogP contribution in [-0.4, -0.2) is 22.7 Å². The van der Waals surface area contributed by atoms with Crippen molar-refractivity contribution in [3.8, 4) is 5.75 Å². The Hall–Kier alpha value is -3.18. The Balaban J connectivity index is 1.65. The fourth-order valence-electron chi connectivity index (χ4n) is 3.30. The van der Waals surface area contributed by atoms with Crippen molar-refractivity contribution < 1.29 is 14.7 Å². The quantitative estimate of drug-likeness (QED) is 0.305. The monoisotopic (exact) mass is 390 g/mol. The van der Waals surface area contributed by atoms with Gasteiger partial charge in [0.15, 0.2) is 0 Å². The number of ether oxygens (including phenoxy) is 1. The first kappa shape index (κ1) is 20.6. The fourth-order valence-corrected chi connectivity index (χ4v) is 3.30. The van der Waals surface area contributed by atoms with E-state index in [1.54, 1.807) is 5.48 Å². The van der Waals surface area contributed by atoms with Crippen molar-refractivity contribution in [1.82, 2.24) is 10.5 Å². The van der Waals surface area contributed by atoms with E-state index in [4.69, 9.17) is 9.94 Å². The summed E-state index contributed by atoms with van der Waals surface area (Å²) in [6.07, 6.45) is 2.76. The topological polar surface area (TPSA) is 71.5 Å². The van der Waals surface area contributed by atoms with E-state index in [1.807, 2.05) is 49.4 Å². The zero-order valence-electron chi connectivity index (χ0n) is 16.6. The van der Waals surface area contributed by atoms with Gasteiger partial charge in [-0.25, -0.2) is 5.48 Å². The van der Waals surface area contributed by atoms with Gasteiger partial charge in [0, 0.05) is 17.5 Å². The van der Waals surface area contributed by atoms with E-state index in [2.05, 4.69) is 23.7 Å². The molecule has 0 fully saturated rings. The van der Waals surface area contributed by atoms with E-state index in [9.17, 15) is 4.79 Å². The van der Waals surface area contributed by atoms with Crippen LogP contribution in [0.2, 0.25) is 0 Å². The summed E-state index contributed by atoms with van der Waals surface area (Å²) in [5.74, 6) is 0.447. The Bertz CT molecular complexity index is 1010. The number of unbranched alkanes of at least 4 members (excludes halogenated alkanes) is 2. The highest BCUT2D eigenvalue weighted by Crippen LogP contribution is 2.30. The van der Waals surface area contributed by atoms with Crippen LogP contribution in [-0.2, 0) is 4.79 Å². The SMILES string of the molecule is C=C(c1cccc(OCCCCCC(=O)NO)c1)c1cc(C)nc2ccccc12. The van der Waals surface area contributed by atoms with Gasteiger partial charge in [-0.3, -0.25) is 15.0 Å². The van der Waals surface area contributed by atoms with Crippen molar-refractivity contribution in [2.24, 2.45) is 0 Å². The van der Waals surface area contributed by atoms with Crippen LogP contribution in [0.4, 0.5) is 0 Å². The van der Waals surface area contributed by atoms with Gasteiger partial charge in [-0.15, -0.1) is 0 Å². The summed E-state index contributed by atoms with van der Waals surface area (Å²) in [6, 6.07) is 18.1. The predicted octanol–water partition coefficient (Wildman–Crippen LogP) is 5.05. The van der Waals surface area contributed by atoms with E-state index in [0.717, 1.165) is 58.3 Å². The van der Waals surface area contributed by atoms with Gasteiger partial charge in [0.25, 0.3) is 0 Å². The molecule has 0 saturated carbocycles. The molecule has 0 aliphatic rings. The van der Waals surface area contributed by atoms with Crippen LogP contribution in [0.15, 0.2) is 61.2 Å². The van der Waals surface area contributed by atoms with Gasteiger partial charge >= 0.3 is 0 Å². The van der Waals surface area contributed by atoms with E-state index in [1.165, 1.54) is 0 Å². The van der Waals surface area contributed by atoms with Gasteiger partial charge < -0.3 is 4.74 Å². The van der Waals surface area contributed by atoms with Gasteiger partial charge in [-0.05, 0) is 67.2 Å². The van der Waals surface area contributed by atoms with Crippen LogP contribution in [0.25, 0.3) is 16.5 Å². The number of carbonyl (C=O) groups excluding carboxylic acids is 1. The molecule has 0 aliphatic heterocycles. The minimum atomic E-state index is -0.351. The van der Waals surface area contributed by atoms with Crippen molar-refractivity contribution in [2.45, 2.75) is 32.6 Å². The number of hydrogen-bond donors (Lipinski definition) is 2. The zero-order chi connectivity index (χ0) is 20.6. The maximum absolute atomic E-state index is 11.0. The zero-order valence-corrected chi connectivity index (χ0v) is 16.6. The lowest BCUT2D eigenvalue weighted by atomic mass is 9.95.